The summed E-state index contributed by atoms with van der Waals surface area (Å²) in [6.45, 7) is 7.63. The summed E-state index contributed by atoms with van der Waals surface area (Å²) in [6, 6.07) is 16.3. The largest absolute Gasteiger partial charge is 0.508 e. The normalized spacial score (nSPS) is 11.7. The van der Waals surface area contributed by atoms with Crippen LogP contribution in [0.25, 0.3) is 10.8 Å². The number of ether oxygens (including phenoxy) is 1. The van der Waals surface area contributed by atoms with Crippen molar-refractivity contribution in [1.82, 2.24) is 0 Å². The van der Waals surface area contributed by atoms with E-state index in [9.17, 15) is 10.2 Å². The highest BCUT2D eigenvalue weighted by atomic mass is 16.5. The van der Waals surface area contributed by atoms with Gasteiger partial charge in [-0.15, -0.1) is 10.2 Å². The molecule has 0 atom stereocenters. The second-order valence-electron chi connectivity index (χ2n) is 8.30. The second kappa shape index (κ2) is 9.31. The predicted molar refractivity (Wildman–Crippen MR) is 134 cm³/mol. The van der Waals surface area contributed by atoms with Crippen molar-refractivity contribution >= 4 is 33.5 Å². The van der Waals surface area contributed by atoms with Crippen LogP contribution in [0.15, 0.2) is 75.1 Å². The van der Waals surface area contributed by atoms with E-state index in [1.165, 1.54) is 0 Å². The maximum atomic E-state index is 10.9. The third-order valence-corrected chi connectivity index (χ3v) is 5.60. The van der Waals surface area contributed by atoms with Crippen molar-refractivity contribution in [2.24, 2.45) is 20.5 Å². The van der Waals surface area contributed by atoms with Crippen molar-refractivity contribution in [2.45, 2.75) is 27.7 Å². The first-order valence-corrected chi connectivity index (χ1v) is 10.8. The monoisotopic (exact) mass is 454 g/mol. The SMILES string of the molecule is COc1cc(C)cc(C)c1N=Nc1c(C)cc2cc(N=Nc3ccc(O)c(C)c3)ccc2c1O. The Morgan fingerprint density at radius 3 is 2.00 bits per heavy atom. The van der Waals surface area contributed by atoms with Crippen LogP contribution in [0, 0.1) is 27.7 Å². The Morgan fingerprint density at radius 2 is 1.29 bits per heavy atom. The molecule has 4 aromatic rings. The summed E-state index contributed by atoms with van der Waals surface area (Å²) in [5, 5.41) is 39.4. The lowest BCUT2D eigenvalue weighted by Gasteiger charge is -2.10. The van der Waals surface area contributed by atoms with Crippen LogP contribution < -0.4 is 4.74 Å². The second-order valence-corrected chi connectivity index (χ2v) is 8.30. The number of aryl methyl sites for hydroxylation is 4. The minimum Gasteiger partial charge on any atom is -0.508 e. The van der Waals surface area contributed by atoms with Crippen molar-refractivity contribution in [3.63, 3.8) is 0 Å². The van der Waals surface area contributed by atoms with Gasteiger partial charge < -0.3 is 14.9 Å². The molecule has 0 aliphatic heterocycles. The highest BCUT2D eigenvalue weighted by molar-refractivity contribution is 5.95. The van der Waals surface area contributed by atoms with Crippen LogP contribution >= 0.6 is 0 Å². The highest BCUT2D eigenvalue weighted by Crippen LogP contribution is 2.41. The standard InChI is InChI=1S/C27H26N4O3/c1-15-10-17(3)25(24(11-15)34-5)30-31-26-18(4)12-19-14-21(6-8-22(19)27(26)33)29-28-20-7-9-23(32)16(2)13-20/h6-14,32-33H,1-5H3. The Labute approximate surface area is 198 Å². The Balaban J connectivity index is 1.68. The zero-order valence-electron chi connectivity index (χ0n) is 19.8. The molecule has 0 saturated heterocycles. The number of azo groups is 2. The molecule has 0 unspecified atom stereocenters. The molecule has 172 valence electrons. The van der Waals surface area contributed by atoms with E-state index in [-0.39, 0.29) is 11.5 Å². The van der Waals surface area contributed by atoms with Crippen LogP contribution in [-0.4, -0.2) is 17.3 Å². The van der Waals surface area contributed by atoms with Crippen LogP contribution in [-0.2, 0) is 0 Å². The number of benzene rings is 4. The first kappa shape index (κ1) is 22.9. The van der Waals surface area contributed by atoms with Gasteiger partial charge >= 0.3 is 0 Å². The van der Waals surface area contributed by atoms with Gasteiger partial charge in [-0.25, -0.2) is 0 Å². The Hall–Kier alpha value is -4.26. The molecule has 7 nitrogen and oxygen atoms in total. The number of rotatable bonds is 5. The lowest BCUT2D eigenvalue weighted by molar-refractivity contribution is 0.415. The topological polar surface area (TPSA) is 99.1 Å². The molecule has 0 amide bonds. The molecule has 0 fully saturated rings. The molecule has 0 radical (unpaired) electrons. The van der Waals surface area contributed by atoms with Gasteiger partial charge in [-0.2, -0.15) is 10.2 Å². The number of phenolic OH excluding ortho intramolecular Hbond substituents is 2. The van der Waals surface area contributed by atoms with Crippen LogP contribution in [0.4, 0.5) is 22.7 Å². The van der Waals surface area contributed by atoms with Crippen molar-refractivity contribution in [3.8, 4) is 17.2 Å². The maximum Gasteiger partial charge on any atom is 0.151 e. The minimum atomic E-state index is 0.0557. The maximum absolute atomic E-state index is 10.9. The fraction of sp³-hybridized carbons (Fsp3) is 0.185. The number of methoxy groups -OCH3 is 1. The summed E-state index contributed by atoms with van der Waals surface area (Å²) in [6.07, 6.45) is 0. The van der Waals surface area contributed by atoms with Gasteiger partial charge in [0.2, 0.25) is 0 Å². The van der Waals surface area contributed by atoms with Gasteiger partial charge in [0.25, 0.3) is 0 Å². The summed E-state index contributed by atoms with van der Waals surface area (Å²) >= 11 is 0. The number of aromatic hydroxyl groups is 2. The zero-order valence-corrected chi connectivity index (χ0v) is 19.8. The molecule has 0 heterocycles. The van der Waals surface area contributed by atoms with E-state index in [0.717, 1.165) is 27.6 Å². The molecule has 0 spiro atoms. The number of hydrogen-bond acceptors (Lipinski definition) is 7. The van der Waals surface area contributed by atoms with E-state index in [1.54, 1.807) is 44.4 Å². The Kier molecular flexibility index (Phi) is 6.27. The predicted octanol–water partition coefficient (Wildman–Crippen LogP) is 8.32. The third-order valence-electron chi connectivity index (χ3n) is 5.60. The fourth-order valence-electron chi connectivity index (χ4n) is 3.81. The summed E-state index contributed by atoms with van der Waals surface area (Å²) in [5.41, 5.74) is 5.86. The van der Waals surface area contributed by atoms with Gasteiger partial charge in [-0.05, 0) is 104 Å². The smallest absolute Gasteiger partial charge is 0.151 e. The number of fused-ring (bicyclic) bond motifs is 1. The average Bonchev–Trinajstić information content (AvgIpc) is 2.80. The van der Waals surface area contributed by atoms with Gasteiger partial charge in [0, 0.05) is 5.39 Å². The summed E-state index contributed by atoms with van der Waals surface area (Å²) in [4.78, 5) is 0. The number of nitrogens with zero attached hydrogens (tertiary/aromatic N) is 4. The molecule has 0 aromatic heterocycles. The van der Waals surface area contributed by atoms with Crippen LogP contribution in [0.2, 0.25) is 0 Å². The van der Waals surface area contributed by atoms with Gasteiger partial charge in [-0.1, -0.05) is 6.07 Å². The number of hydrogen-bond donors (Lipinski definition) is 2. The molecule has 2 N–H and O–H groups in total. The van der Waals surface area contributed by atoms with Crippen molar-refractivity contribution in [2.75, 3.05) is 7.11 Å². The highest BCUT2D eigenvalue weighted by Gasteiger charge is 2.13. The molecule has 0 aliphatic rings. The average molecular weight is 455 g/mol. The van der Waals surface area contributed by atoms with Crippen molar-refractivity contribution < 1.29 is 14.9 Å². The first-order chi connectivity index (χ1) is 16.3. The molecular weight excluding hydrogens is 428 g/mol. The van der Waals surface area contributed by atoms with E-state index < -0.39 is 0 Å². The van der Waals surface area contributed by atoms with E-state index in [0.29, 0.717) is 33.9 Å². The third kappa shape index (κ3) is 4.59. The van der Waals surface area contributed by atoms with Crippen molar-refractivity contribution in [3.05, 3.63) is 76.9 Å². The molecule has 4 aromatic carbocycles. The summed E-state index contributed by atoms with van der Waals surface area (Å²) < 4.78 is 5.46. The number of phenols is 2. The lowest BCUT2D eigenvalue weighted by Crippen LogP contribution is -1.87. The molecular formula is C27H26N4O3. The van der Waals surface area contributed by atoms with Gasteiger partial charge in [0.05, 0.1) is 18.5 Å². The van der Waals surface area contributed by atoms with E-state index in [1.807, 2.05) is 45.0 Å². The molecule has 0 aliphatic carbocycles. The van der Waals surface area contributed by atoms with Gasteiger partial charge in [0.1, 0.15) is 22.9 Å². The van der Waals surface area contributed by atoms with Crippen molar-refractivity contribution in [1.29, 1.82) is 0 Å². The Bertz CT molecular complexity index is 1460. The van der Waals surface area contributed by atoms with Crippen LogP contribution in [0.5, 0.6) is 17.2 Å². The summed E-state index contributed by atoms with van der Waals surface area (Å²) in [5.74, 6) is 0.915. The summed E-state index contributed by atoms with van der Waals surface area (Å²) in [7, 11) is 1.60. The molecule has 4 rings (SSSR count). The molecule has 34 heavy (non-hydrogen) atoms. The van der Waals surface area contributed by atoms with E-state index >= 15 is 0 Å². The molecule has 7 heteroatoms. The zero-order chi connectivity index (χ0) is 24.4. The lowest BCUT2D eigenvalue weighted by atomic mass is 10.0. The van der Waals surface area contributed by atoms with E-state index in [2.05, 4.69) is 20.5 Å². The van der Waals surface area contributed by atoms with E-state index in [4.69, 9.17) is 4.74 Å². The molecule has 0 bridgehead atoms. The quantitative estimate of drug-likeness (QED) is 0.296. The Morgan fingerprint density at radius 1 is 0.647 bits per heavy atom. The van der Waals surface area contributed by atoms with Gasteiger partial charge in [0.15, 0.2) is 5.75 Å². The fourth-order valence-corrected chi connectivity index (χ4v) is 3.81. The van der Waals surface area contributed by atoms with Gasteiger partial charge in [-0.3, -0.25) is 0 Å². The molecule has 0 saturated carbocycles. The van der Waals surface area contributed by atoms with Crippen LogP contribution in [0.3, 0.4) is 0 Å². The van der Waals surface area contributed by atoms with Crippen LogP contribution in [0.1, 0.15) is 22.3 Å². The minimum absolute atomic E-state index is 0.0557. The first-order valence-electron chi connectivity index (χ1n) is 10.8.